The highest BCUT2D eigenvalue weighted by molar-refractivity contribution is 6.05. The summed E-state index contributed by atoms with van der Waals surface area (Å²) in [7, 11) is 0. The molecule has 0 atom stereocenters. The summed E-state index contributed by atoms with van der Waals surface area (Å²) in [6.45, 7) is 5.78. The van der Waals surface area contributed by atoms with Crippen LogP contribution >= 0.6 is 0 Å². The molecular formula is C23H25FN4O. The summed E-state index contributed by atoms with van der Waals surface area (Å²) in [6, 6.07) is 12.2. The van der Waals surface area contributed by atoms with E-state index in [2.05, 4.69) is 15.7 Å². The number of rotatable bonds is 4. The lowest BCUT2D eigenvalue weighted by Gasteiger charge is -2.24. The Hall–Kier alpha value is -2.99. The Kier molecular flexibility index (Phi) is 5.45. The van der Waals surface area contributed by atoms with Crippen LogP contribution in [-0.4, -0.2) is 28.8 Å². The van der Waals surface area contributed by atoms with Gasteiger partial charge in [-0.05, 0) is 81.2 Å². The first-order valence-electron chi connectivity index (χ1n) is 9.96. The zero-order valence-electron chi connectivity index (χ0n) is 16.7. The van der Waals surface area contributed by atoms with Crippen LogP contribution in [0.15, 0.2) is 48.7 Å². The fraction of sp³-hybridized carbons (Fsp3) is 0.304. The van der Waals surface area contributed by atoms with Gasteiger partial charge >= 0.3 is 0 Å². The van der Waals surface area contributed by atoms with E-state index in [4.69, 9.17) is 0 Å². The number of nitrogens with one attached hydrogen (secondary N) is 2. The molecule has 0 unspecified atom stereocenters. The lowest BCUT2D eigenvalue weighted by Crippen LogP contribution is -2.29. The normalized spacial score (nSPS) is 14.7. The molecule has 2 N–H and O–H groups in total. The van der Waals surface area contributed by atoms with Crippen LogP contribution in [0.4, 0.5) is 10.1 Å². The maximum atomic E-state index is 13.4. The van der Waals surface area contributed by atoms with Gasteiger partial charge in [0.15, 0.2) is 0 Å². The van der Waals surface area contributed by atoms with Gasteiger partial charge in [-0.2, -0.15) is 5.10 Å². The van der Waals surface area contributed by atoms with Gasteiger partial charge in [-0.25, -0.2) is 9.07 Å². The van der Waals surface area contributed by atoms with Crippen LogP contribution in [0.25, 0.3) is 5.69 Å². The highest BCUT2D eigenvalue weighted by Gasteiger charge is 2.27. The molecule has 0 radical (unpaired) electrons. The number of halogens is 1. The third-order valence-corrected chi connectivity index (χ3v) is 5.49. The Morgan fingerprint density at radius 2 is 1.86 bits per heavy atom. The number of carbonyl (C=O) groups excluding carboxylic acids is 1. The van der Waals surface area contributed by atoms with Gasteiger partial charge in [-0.1, -0.05) is 12.1 Å². The molecule has 1 fully saturated rings. The lowest BCUT2D eigenvalue weighted by molar-refractivity contribution is 0.102. The zero-order chi connectivity index (χ0) is 20.4. The average Bonchev–Trinajstić information content (AvgIpc) is 3.17. The predicted octanol–water partition coefficient (Wildman–Crippen LogP) is 4.35. The van der Waals surface area contributed by atoms with Crippen molar-refractivity contribution in [2.75, 3.05) is 18.4 Å². The SMILES string of the molecule is Cc1ccc(C)c(NC(=O)c2cnn(-c3ccc(F)cc3)c2C2CCNCC2)c1. The monoisotopic (exact) mass is 392 g/mol. The second-order valence-corrected chi connectivity index (χ2v) is 7.63. The lowest BCUT2D eigenvalue weighted by atomic mass is 9.91. The summed E-state index contributed by atoms with van der Waals surface area (Å²) in [5, 5.41) is 10.9. The van der Waals surface area contributed by atoms with Gasteiger partial charge in [-0.3, -0.25) is 4.79 Å². The summed E-state index contributed by atoms with van der Waals surface area (Å²) in [5.74, 6) is -0.249. The molecule has 0 spiro atoms. The van der Waals surface area contributed by atoms with Gasteiger partial charge in [-0.15, -0.1) is 0 Å². The first kappa shape index (κ1) is 19.3. The van der Waals surface area contributed by atoms with Crippen molar-refractivity contribution in [2.45, 2.75) is 32.6 Å². The summed E-state index contributed by atoms with van der Waals surface area (Å²) in [4.78, 5) is 13.2. The number of anilines is 1. The second kappa shape index (κ2) is 8.17. The van der Waals surface area contributed by atoms with Gasteiger partial charge in [0.2, 0.25) is 0 Å². The first-order chi connectivity index (χ1) is 14.0. The summed E-state index contributed by atoms with van der Waals surface area (Å²) < 4.78 is 15.2. The van der Waals surface area contributed by atoms with Crippen LogP contribution in [0.1, 0.15) is 45.9 Å². The Labute approximate surface area is 169 Å². The molecule has 0 aliphatic carbocycles. The molecule has 3 aromatic rings. The van der Waals surface area contributed by atoms with Gasteiger partial charge in [0.25, 0.3) is 5.91 Å². The van der Waals surface area contributed by atoms with Gasteiger partial charge in [0.05, 0.1) is 23.1 Å². The van der Waals surface area contributed by atoms with Crippen LogP contribution in [0.3, 0.4) is 0 Å². The first-order valence-corrected chi connectivity index (χ1v) is 9.96. The fourth-order valence-corrected chi connectivity index (χ4v) is 3.87. The highest BCUT2D eigenvalue weighted by atomic mass is 19.1. The number of carbonyl (C=O) groups is 1. The molecule has 1 amide bonds. The van der Waals surface area contributed by atoms with Crippen molar-refractivity contribution in [3.63, 3.8) is 0 Å². The van der Waals surface area contributed by atoms with Crippen molar-refractivity contribution < 1.29 is 9.18 Å². The summed E-state index contributed by atoms with van der Waals surface area (Å²) in [5.41, 5.74) is 5.12. The third kappa shape index (κ3) is 4.07. The van der Waals surface area contributed by atoms with Crippen molar-refractivity contribution in [1.82, 2.24) is 15.1 Å². The second-order valence-electron chi connectivity index (χ2n) is 7.63. The van der Waals surface area contributed by atoms with Crippen molar-refractivity contribution in [3.8, 4) is 5.69 Å². The molecule has 4 rings (SSSR count). The molecule has 0 saturated carbocycles. The quantitative estimate of drug-likeness (QED) is 0.694. The van der Waals surface area contributed by atoms with Gasteiger partial charge in [0.1, 0.15) is 5.82 Å². The number of hydrogen-bond donors (Lipinski definition) is 2. The van der Waals surface area contributed by atoms with E-state index in [1.165, 1.54) is 12.1 Å². The Morgan fingerprint density at radius 1 is 1.14 bits per heavy atom. The summed E-state index contributed by atoms with van der Waals surface area (Å²) >= 11 is 0. The number of aryl methyl sites for hydroxylation is 2. The number of benzene rings is 2. The Morgan fingerprint density at radius 3 is 2.59 bits per heavy atom. The molecule has 6 heteroatoms. The minimum Gasteiger partial charge on any atom is -0.322 e. The third-order valence-electron chi connectivity index (χ3n) is 5.49. The Balaban J connectivity index is 1.73. The van der Waals surface area contributed by atoms with E-state index in [0.29, 0.717) is 5.56 Å². The number of aromatic nitrogens is 2. The van der Waals surface area contributed by atoms with Crippen molar-refractivity contribution in [1.29, 1.82) is 0 Å². The van der Waals surface area contributed by atoms with E-state index >= 15 is 0 Å². The molecule has 2 aromatic carbocycles. The summed E-state index contributed by atoms with van der Waals surface area (Å²) in [6.07, 6.45) is 3.48. The molecule has 2 heterocycles. The minimum atomic E-state index is -0.294. The number of amides is 1. The maximum Gasteiger partial charge on any atom is 0.259 e. The molecule has 29 heavy (non-hydrogen) atoms. The van der Waals surface area contributed by atoms with E-state index < -0.39 is 0 Å². The molecule has 1 aromatic heterocycles. The molecule has 5 nitrogen and oxygen atoms in total. The largest absolute Gasteiger partial charge is 0.322 e. The van der Waals surface area contributed by atoms with E-state index in [1.54, 1.807) is 23.0 Å². The van der Waals surface area contributed by atoms with Crippen LogP contribution < -0.4 is 10.6 Å². The smallest absolute Gasteiger partial charge is 0.259 e. The molecule has 0 bridgehead atoms. The minimum absolute atomic E-state index is 0.166. The van der Waals surface area contributed by atoms with E-state index in [-0.39, 0.29) is 17.6 Å². The Bertz CT molecular complexity index is 1020. The predicted molar refractivity (Wildman–Crippen MR) is 112 cm³/mol. The maximum absolute atomic E-state index is 13.4. The zero-order valence-corrected chi connectivity index (χ0v) is 16.7. The highest BCUT2D eigenvalue weighted by Crippen LogP contribution is 2.31. The van der Waals surface area contributed by atoms with Crippen LogP contribution in [-0.2, 0) is 0 Å². The standard InChI is InChI=1S/C23H25FN4O/c1-15-3-4-16(2)21(13-15)27-23(29)20-14-26-28(19-7-5-18(24)6-8-19)22(20)17-9-11-25-12-10-17/h3-8,13-14,17,25H,9-12H2,1-2H3,(H,27,29). The van der Waals surface area contributed by atoms with Crippen molar-refractivity contribution >= 4 is 11.6 Å². The molecular weight excluding hydrogens is 367 g/mol. The van der Waals surface area contributed by atoms with Gasteiger partial charge in [0, 0.05) is 11.6 Å². The fourth-order valence-electron chi connectivity index (χ4n) is 3.87. The number of piperidine rings is 1. The average molecular weight is 392 g/mol. The molecule has 1 aliphatic rings. The van der Waals surface area contributed by atoms with Crippen LogP contribution in [0.5, 0.6) is 0 Å². The van der Waals surface area contributed by atoms with Crippen LogP contribution in [0.2, 0.25) is 0 Å². The van der Waals surface area contributed by atoms with Crippen molar-refractivity contribution in [2.24, 2.45) is 0 Å². The molecule has 1 aliphatic heterocycles. The topological polar surface area (TPSA) is 59.0 Å². The van der Waals surface area contributed by atoms with E-state index in [0.717, 1.165) is 54.1 Å². The van der Waals surface area contributed by atoms with Crippen LogP contribution in [0, 0.1) is 19.7 Å². The molecule has 1 saturated heterocycles. The number of hydrogen-bond acceptors (Lipinski definition) is 3. The molecule has 150 valence electrons. The number of nitrogens with zero attached hydrogens (tertiary/aromatic N) is 2. The van der Waals surface area contributed by atoms with Gasteiger partial charge < -0.3 is 10.6 Å². The van der Waals surface area contributed by atoms with E-state index in [1.807, 2.05) is 32.0 Å². The van der Waals surface area contributed by atoms with Crippen molar-refractivity contribution in [3.05, 3.63) is 76.9 Å². The van der Waals surface area contributed by atoms with E-state index in [9.17, 15) is 9.18 Å².